The second-order valence-electron chi connectivity index (χ2n) is 7.32. The molecule has 0 saturated carbocycles. The highest BCUT2D eigenvalue weighted by atomic mass is 32.2. The molecule has 1 atom stereocenters. The van der Waals surface area contributed by atoms with Gasteiger partial charge in [-0.2, -0.15) is 8.42 Å². The maximum Gasteiger partial charge on any atom is 0.339 e. The van der Waals surface area contributed by atoms with E-state index in [0.29, 0.717) is 5.75 Å². The van der Waals surface area contributed by atoms with Gasteiger partial charge in [-0.25, -0.2) is 0 Å². The molecule has 0 amide bonds. The molecule has 0 N–H and O–H groups in total. The predicted molar refractivity (Wildman–Crippen MR) is 112 cm³/mol. The van der Waals surface area contributed by atoms with E-state index in [-0.39, 0.29) is 10.3 Å². The molecule has 0 fully saturated rings. The third kappa shape index (κ3) is 5.57. The van der Waals surface area contributed by atoms with Crippen molar-refractivity contribution in [3.8, 4) is 5.75 Å². The van der Waals surface area contributed by atoms with Gasteiger partial charge in [-0.05, 0) is 63.4 Å². The quantitative estimate of drug-likeness (QED) is 0.417. The first-order valence-electron chi connectivity index (χ1n) is 9.05. The molecule has 0 aliphatic carbocycles. The van der Waals surface area contributed by atoms with Crippen LogP contribution in [0.3, 0.4) is 0 Å². The third-order valence-corrected chi connectivity index (χ3v) is 5.96. The van der Waals surface area contributed by atoms with E-state index >= 15 is 0 Å². The molecule has 4 heteroatoms. The summed E-state index contributed by atoms with van der Waals surface area (Å²) in [5.41, 5.74) is 3.20. The SMILES string of the molecule is C=C[C@@](C)(CCC=C(C)C)c1ccc(OS(=O)(=O)c2ccc(C)cc2)cc1. The molecule has 144 valence electrons. The van der Waals surface area contributed by atoms with Crippen LogP contribution in [0.1, 0.15) is 44.7 Å². The van der Waals surface area contributed by atoms with E-state index in [1.54, 1.807) is 36.4 Å². The highest BCUT2D eigenvalue weighted by Gasteiger charge is 2.23. The fraction of sp³-hybridized carbons (Fsp3) is 0.304. The Labute approximate surface area is 163 Å². The van der Waals surface area contributed by atoms with Gasteiger partial charge in [0.2, 0.25) is 0 Å². The molecule has 0 saturated heterocycles. The van der Waals surface area contributed by atoms with Crippen LogP contribution in [-0.4, -0.2) is 8.42 Å². The van der Waals surface area contributed by atoms with Crippen molar-refractivity contribution >= 4 is 10.1 Å². The fourth-order valence-electron chi connectivity index (χ4n) is 2.80. The minimum atomic E-state index is -3.84. The van der Waals surface area contributed by atoms with Crippen molar-refractivity contribution < 1.29 is 12.6 Å². The van der Waals surface area contributed by atoms with Crippen molar-refractivity contribution in [2.24, 2.45) is 0 Å². The number of aryl methyl sites for hydroxylation is 1. The minimum Gasteiger partial charge on any atom is -0.379 e. The van der Waals surface area contributed by atoms with Gasteiger partial charge in [0.25, 0.3) is 0 Å². The van der Waals surface area contributed by atoms with E-state index in [0.717, 1.165) is 24.0 Å². The van der Waals surface area contributed by atoms with Gasteiger partial charge in [-0.3, -0.25) is 0 Å². The van der Waals surface area contributed by atoms with Crippen molar-refractivity contribution in [1.82, 2.24) is 0 Å². The Hall–Kier alpha value is -2.33. The van der Waals surface area contributed by atoms with Crippen molar-refractivity contribution in [3.63, 3.8) is 0 Å². The number of allylic oxidation sites excluding steroid dienone is 3. The number of benzene rings is 2. The van der Waals surface area contributed by atoms with Gasteiger partial charge in [-0.15, -0.1) is 6.58 Å². The summed E-state index contributed by atoms with van der Waals surface area (Å²) in [6.45, 7) is 12.2. The Morgan fingerprint density at radius 1 is 1.07 bits per heavy atom. The summed E-state index contributed by atoms with van der Waals surface area (Å²) in [5, 5.41) is 0. The van der Waals surface area contributed by atoms with Crippen LogP contribution < -0.4 is 4.18 Å². The van der Waals surface area contributed by atoms with Crippen molar-refractivity contribution in [3.05, 3.63) is 84.0 Å². The monoisotopic (exact) mass is 384 g/mol. The van der Waals surface area contributed by atoms with Crippen molar-refractivity contribution in [1.29, 1.82) is 0 Å². The Bertz CT molecular complexity index is 903. The number of hydrogen-bond acceptors (Lipinski definition) is 3. The van der Waals surface area contributed by atoms with Gasteiger partial charge >= 0.3 is 10.1 Å². The molecule has 27 heavy (non-hydrogen) atoms. The summed E-state index contributed by atoms with van der Waals surface area (Å²) in [5.74, 6) is 0.301. The lowest BCUT2D eigenvalue weighted by Crippen LogP contribution is -2.18. The fourth-order valence-corrected chi connectivity index (χ4v) is 3.73. The smallest absolute Gasteiger partial charge is 0.339 e. The maximum absolute atomic E-state index is 12.4. The Morgan fingerprint density at radius 3 is 2.19 bits per heavy atom. The highest BCUT2D eigenvalue weighted by molar-refractivity contribution is 7.87. The van der Waals surface area contributed by atoms with Crippen LogP contribution in [0.5, 0.6) is 5.75 Å². The van der Waals surface area contributed by atoms with Gasteiger partial charge in [-0.1, -0.05) is 54.5 Å². The van der Waals surface area contributed by atoms with Crippen LogP contribution in [0.15, 0.2) is 77.7 Å². The van der Waals surface area contributed by atoms with Crippen LogP contribution >= 0.6 is 0 Å². The molecule has 0 heterocycles. The van der Waals surface area contributed by atoms with Crippen LogP contribution in [0.25, 0.3) is 0 Å². The van der Waals surface area contributed by atoms with E-state index < -0.39 is 10.1 Å². The first-order chi connectivity index (χ1) is 12.7. The van der Waals surface area contributed by atoms with Gasteiger partial charge in [0.1, 0.15) is 10.6 Å². The molecule has 2 aromatic rings. The van der Waals surface area contributed by atoms with Crippen LogP contribution in [0, 0.1) is 6.92 Å². The molecule has 0 spiro atoms. The Balaban J connectivity index is 2.17. The van der Waals surface area contributed by atoms with Gasteiger partial charge in [0.15, 0.2) is 0 Å². The molecule has 2 aromatic carbocycles. The molecule has 0 unspecified atom stereocenters. The van der Waals surface area contributed by atoms with E-state index in [2.05, 4.69) is 33.4 Å². The van der Waals surface area contributed by atoms with Crippen molar-refractivity contribution in [2.75, 3.05) is 0 Å². The number of rotatable bonds is 8. The molecule has 0 radical (unpaired) electrons. The van der Waals surface area contributed by atoms with Crippen LogP contribution in [0.4, 0.5) is 0 Å². The van der Waals surface area contributed by atoms with Gasteiger partial charge in [0, 0.05) is 5.41 Å². The predicted octanol–water partition coefficient (Wildman–Crippen LogP) is 5.95. The lowest BCUT2D eigenvalue weighted by Gasteiger charge is -2.26. The second-order valence-corrected chi connectivity index (χ2v) is 8.86. The molecule has 3 nitrogen and oxygen atoms in total. The second kappa shape index (κ2) is 8.57. The molecule has 0 aromatic heterocycles. The summed E-state index contributed by atoms with van der Waals surface area (Å²) in [6, 6.07) is 13.8. The lowest BCUT2D eigenvalue weighted by molar-refractivity contribution is 0.485. The maximum atomic E-state index is 12.4. The summed E-state index contributed by atoms with van der Waals surface area (Å²) >= 11 is 0. The summed E-state index contributed by atoms with van der Waals surface area (Å²) in [6.07, 6.45) is 6.06. The Morgan fingerprint density at radius 2 is 1.67 bits per heavy atom. The van der Waals surface area contributed by atoms with Crippen LogP contribution in [0.2, 0.25) is 0 Å². The zero-order valence-electron chi connectivity index (χ0n) is 16.5. The summed E-state index contributed by atoms with van der Waals surface area (Å²) in [4.78, 5) is 0.148. The standard InChI is InChI=1S/C23H28O3S/c1-6-23(5,17-7-8-18(2)3)20-11-13-21(14-12-20)26-27(24,25)22-15-9-19(4)10-16-22/h6,8-16H,1,7,17H2,2-5H3/t23-/m0/s1. The average molecular weight is 385 g/mol. The van der Waals surface area contributed by atoms with Gasteiger partial charge < -0.3 is 4.18 Å². The Kier molecular flexibility index (Phi) is 6.66. The van der Waals surface area contributed by atoms with E-state index in [1.807, 2.05) is 25.1 Å². The molecular formula is C23H28O3S. The summed E-state index contributed by atoms with van der Waals surface area (Å²) < 4.78 is 30.1. The normalized spacial score (nSPS) is 13.5. The third-order valence-electron chi connectivity index (χ3n) is 4.70. The topological polar surface area (TPSA) is 43.4 Å². The molecular weight excluding hydrogens is 356 g/mol. The molecule has 2 rings (SSSR count). The first-order valence-corrected chi connectivity index (χ1v) is 10.5. The van der Waals surface area contributed by atoms with Gasteiger partial charge in [0.05, 0.1) is 0 Å². The highest BCUT2D eigenvalue weighted by Crippen LogP contribution is 2.32. The number of hydrogen-bond donors (Lipinski definition) is 0. The zero-order valence-corrected chi connectivity index (χ0v) is 17.3. The molecule has 0 aliphatic heterocycles. The van der Waals surface area contributed by atoms with Crippen LogP contribution in [-0.2, 0) is 15.5 Å². The largest absolute Gasteiger partial charge is 0.379 e. The molecule has 0 aliphatic rings. The zero-order chi connectivity index (χ0) is 20.1. The minimum absolute atomic E-state index is 0.148. The first kappa shape index (κ1) is 21.0. The van der Waals surface area contributed by atoms with E-state index in [1.165, 1.54) is 5.57 Å². The molecule has 0 bridgehead atoms. The van der Waals surface area contributed by atoms with E-state index in [9.17, 15) is 8.42 Å². The van der Waals surface area contributed by atoms with Crippen molar-refractivity contribution in [2.45, 2.75) is 50.8 Å². The average Bonchev–Trinajstić information content (AvgIpc) is 2.62. The lowest BCUT2D eigenvalue weighted by atomic mass is 9.78. The van der Waals surface area contributed by atoms with E-state index in [4.69, 9.17) is 4.18 Å². The summed E-state index contributed by atoms with van der Waals surface area (Å²) in [7, 11) is -3.84.